The number of methoxy groups -OCH3 is 1. The zero-order valence-electron chi connectivity index (χ0n) is 17.5. The lowest BCUT2D eigenvalue weighted by molar-refractivity contribution is -0.389. The fraction of sp³-hybridized carbons (Fsp3) is 0.500. The molecule has 1 atom stereocenters. The van der Waals surface area contributed by atoms with Gasteiger partial charge < -0.3 is 29.5 Å². The predicted octanol–water partition coefficient (Wildman–Crippen LogP) is 3.41. The van der Waals surface area contributed by atoms with Crippen molar-refractivity contribution in [2.24, 2.45) is 5.92 Å². The van der Waals surface area contributed by atoms with E-state index in [0.29, 0.717) is 36.4 Å². The van der Waals surface area contributed by atoms with Crippen molar-refractivity contribution >= 4 is 11.7 Å². The fourth-order valence-corrected chi connectivity index (χ4v) is 2.75. The first-order valence-electron chi connectivity index (χ1n) is 9.49. The number of nitrogens with zero attached hydrogens (tertiary/aromatic N) is 3. The second-order valence-corrected chi connectivity index (χ2v) is 7.25. The standard InChI is InChI=1S/C20H28N4O5/c1-13(2)12-29-17-7-6-16(10-18(17)28-5)14(3)21-20(25)8-9-23-11-19(24(26)27)22-15(23)4/h6-7,10-11,13-14H,8-9,12H2,1-5H3,(H,21,25). The Kier molecular flexibility index (Phi) is 7.58. The van der Waals surface area contributed by atoms with Gasteiger partial charge in [0.25, 0.3) is 0 Å². The van der Waals surface area contributed by atoms with Gasteiger partial charge in [-0.3, -0.25) is 4.79 Å². The first-order chi connectivity index (χ1) is 13.7. The van der Waals surface area contributed by atoms with Crippen LogP contribution in [-0.4, -0.2) is 34.1 Å². The second-order valence-electron chi connectivity index (χ2n) is 7.25. The molecule has 1 amide bonds. The molecule has 1 aromatic carbocycles. The van der Waals surface area contributed by atoms with E-state index >= 15 is 0 Å². The zero-order chi connectivity index (χ0) is 21.6. The van der Waals surface area contributed by atoms with Crippen molar-refractivity contribution in [3.05, 3.63) is 45.9 Å². The van der Waals surface area contributed by atoms with Gasteiger partial charge in [0, 0.05) is 19.9 Å². The number of amides is 1. The van der Waals surface area contributed by atoms with Crippen LogP contribution < -0.4 is 14.8 Å². The molecule has 1 N–H and O–H groups in total. The number of carbonyl (C=O) groups excluding carboxylic acids is 1. The minimum absolute atomic E-state index is 0.160. The summed E-state index contributed by atoms with van der Waals surface area (Å²) in [6, 6.07) is 5.36. The van der Waals surface area contributed by atoms with Gasteiger partial charge in [0.2, 0.25) is 11.7 Å². The van der Waals surface area contributed by atoms with Gasteiger partial charge in [-0.1, -0.05) is 19.9 Å². The number of ether oxygens (including phenoxy) is 2. The van der Waals surface area contributed by atoms with E-state index in [1.165, 1.54) is 6.20 Å². The van der Waals surface area contributed by atoms with Crippen LogP contribution in [0.4, 0.5) is 5.82 Å². The van der Waals surface area contributed by atoms with E-state index in [1.54, 1.807) is 18.6 Å². The highest BCUT2D eigenvalue weighted by Crippen LogP contribution is 2.30. The van der Waals surface area contributed by atoms with Crippen LogP contribution in [0.3, 0.4) is 0 Å². The molecule has 0 radical (unpaired) electrons. The van der Waals surface area contributed by atoms with E-state index < -0.39 is 4.92 Å². The Labute approximate surface area is 170 Å². The number of nitro groups is 1. The van der Waals surface area contributed by atoms with Gasteiger partial charge in [-0.05, 0) is 40.4 Å². The minimum Gasteiger partial charge on any atom is -0.493 e. The van der Waals surface area contributed by atoms with Gasteiger partial charge in [-0.25, -0.2) is 0 Å². The molecule has 29 heavy (non-hydrogen) atoms. The Bertz CT molecular complexity index is 863. The van der Waals surface area contributed by atoms with E-state index in [4.69, 9.17) is 9.47 Å². The number of aromatic nitrogens is 2. The summed E-state index contributed by atoms with van der Waals surface area (Å²) >= 11 is 0. The molecule has 0 fully saturated rings. The summed E-state index contributed by atoms with van der Waals surface area (Å²) in [5.41, 5.74) is 0.890. The van der Waals surface area contributed by atoms with E-state index in [1.807, 2.05) is 25.1 Å². The average molecular weight is 404 g/mol. The number of hydrogen-bond acceptors (Lipinski definition) is 6. The van der Waals surface area contributed by atoms with Crippen LogP contribution in [0.2, 0.25) is 0 Å². The monoisotopic (exact) mass is 404 g/mol. The molecule has 0 aliphatic carbocycles. The highest BCUT2D eigenvalue weighted by Gasteiger charge is 2.17. The summed E-state index contributed by atoms with van der Waals surface area (Å²) in [5, 5.41) is 13.7. The normalized spacial score (nSPS) is 11.9. The highest BCUT2D eigenvalue weighted by molar-refractivity contribution is 5.76. The summed E-state index contributed by atoms with van der Waals surface area (Å²) in [6.45, 7) is 8.60. The lowest BCUT2D eigenvalue weighted by atomic mass is 10.1. The van der Waals surface area contributed by atoms with Crippen LogP contribution in [0.25, 0.3) is 0 Å². The average Bonchev–Trinajstić information content (AvgIpc) is 3.05. The van der Waals surface area contributed by atoms with Crippen LogP contribution in [0.5, 0.6) is 11.5 Å². The lowest BCUT2D eigenvalue weighted by Crippen LogP contribution is -2.27. The fourth-order valence-electron chi connectivity index (χ4n) is 2.75. The van der Waals surface area contributed by atoms with Gasteiger partial charge >= 0.3 is 5.82 Å². The van der Waals surface area contributed by atoms with Crippen molar-refractivity contribution in [1.82, 2.24) is 14.9 Å². The molecule has 0 aliphatic heterocycles. The summed E-state index contributed by atoms with van der Waals surface area (Å²) in [6.07, 6.45) is 1.53. The Morgan fingerprint density at radius 1 is 1.31 bits per heavy atom. The molecule has 9 nitrogen and oxygen atoms in total. The Balaban J connectivity index is 1.95. The number of rotatable bonds is 10. The molecule has 1 heterocycles. The first-order valence-corrected chi connectivity index (χ1v) is 9.49. The maximum atomic E-state index is 12.3. The Morgan fingerprint density at radius 2 is 2.03 bits per heavy atom. The van der Waals surface area contributed by atoms with Gasteiger partial charge in [0.15, 0.2) is 11.5 Å². The van der Waals surface area contributed by atoms with Crippen molar-refractivity contribution < 1.29 is 19.2 Å². The van der Waals surface area contributed by atoms with E-state index in [-0.39, 0.29) is 24.2 Å². The molecule has 9 heteroatoms. The molecular formula is C20H28N4O5. The smallest absolute Gasteiger partial charge is 0.381 e. The number of benzene rings is 1. The maximum Gasteiger partial charge on any atom is 0.381 e. The Morgan fingerprint density at radius 3 is 2.62 bits per heavy atom. The summed E-state index contributed by atoms with van der Waals surface area (Å²) in [4.78, 5) is 26.4. The molecule has 1 unspecified atom stereocenters. The van der Waals surface area contributed by atoms with Gasteiger partial charge in [0.1, 0.15) is 6.20 Å². The third-order valence-electron chi connectivity index (χ3n) is 4.37. The van der Waals surface area contributed by atoms with Gasteiger partial charge in [0.05, 0.1) is 19.8 Å². The van der Waals surface area contributed by atoms with Gasteiger partial charge in [-0.2, -0.15) is 0 Å². The molecule has 0 saturated heterocycles. The van der Waals surface area contributed by atoms with Crippen molar-refractivity contribution in [1.29, 1.82) is 0 Å². The number of imidazole rings is 1. The number of carbonyl (C=O) groups is 1. The minimum atomic E-state index is -0.548. The molecule has 0 saturated carbocycles. The van der Waals surface area contributed by atoms with E-state index in [0.717, 1.165) is 5.56 Å². The number of nitrogens with one attached hydrogen (secondary N) is 1. The summed E-state index contributed by atoms with van der Waals surface area (Å²) in [5.74, 6) is 1.80. The summed E-state index contributed by atoms with van der Waals surface area (Å²) in [7, 11) is 1.58. The van der Waals surface area contributed by atoms with Crippen molar-refractivity contribution in [3.63, 3.8) is 0 Å². The Hall–Kier alpha value is -3.10. The van der Waals surface area contributed by atoms with E-state index in [9.17, 15) is 14.9 Å². The maximum absolute atomic E-state index is 12.3. The summed E-state index contributed by atoms with van der Waals surface area (Å²) < 4.78 is 12.8. The molecule has 158 valence electrons. The molecule has 0 spiro atoms. The van der Waals surface area contributed by atoms with Crippen LogP contribution in [0, 0.1) is 23.0 Å². The lowest BCUT2D eigenvalue weighted by Gasteiger charge is -2.18. The first kappa shape index (κ1) is 22.2. The molecule has 0 bridgehead atoms. The van der Waals surface area contributed by atoms with Crippen LogP contribution >= 0.6 is 0 Å². The molecule has 2 aromatic rings. The van der Waals surface area contributed by atoms with Gasteiger partial charge in [-0.15, -0.1) is 0 Å². The highest BCUT2D eigenvalue weighted by atomic mass is 16.6. The van der Waals surface area contributed by atoms with Crippen molar-refractivity contribution in [2.45, 2.75) is 46.7 Å². The number of aryl methyl sites for hydroxylation is 2. The zero-order valence-corrected chi connectivity index (χ0v) is 17.5. The molecule has 1 aromatic heterocycles. The van der Waals surface area contributed by atoms with Crippen LogP contribution in [0.15, 0.2) is 24.4 Å². The van der Waals surface area contributed by atoms with Crippen LogP contribution in [0.1, 0.15) is 44.6 Å². The SMILES string of the molecule is COc1cc(C(C)NC(=O)CCn2cc([N+](=O)[O-])nc2C)ccc1OCC(C)C. The largest absolute Gasteiger partial charge is 0.493 e. The quantitative estimate of drug-likeness (QED) is 0.480. The molecule has 0 aliphatic rings. The van der Waals surface area contributed by atoms with Crippen molar-refractivity contribution in [2.75, 3.05) is 13.7 Å². The topological polar surface area (TPSA) is 109 Å². The second kappa shape index (κ2) is 9.90. The number of hydrogen-bond donors (Lipinski definition) is 1. The van der Waals surface area contributed by atoms with Crippen LogP contribution in [-0.2, 0) is 11.3 Å². The third kappa shape index (κ3) is 6.20. The van der Waals surface area contributed by atoms with Crippen molar-refractivity contribution in [3.8, 4) is 11.5 Å². The molecular weight excluding hydrogens is 376 g/mol. The third-order valence-corrected chi connectivity index (χ3v) is 4.37. The van der Waals surface area contributed by atoms with E-state index in [2.05, 4.69) is 24.1 Å². The molecule has 2 rings (SSSR count). The predicted molar refractivity (Wildman–Crippen MR) is 108 cm³/mol.